The number of aromatic nitrogens is 3. The second-order valence-electron chi connectivity index (χ2n) is 6.20. The minimum Gasteiger partial charge on any atom is -0.491 e. The lowest BCUT2D eigenvalue weighted by molar-refractivity contribution is -0.0506. The van der Waals surface area contributed by atoms with Crippen LogP contribution in [0.3, 0.4) is 0 Å². The Morgan fingerprint density at radius 2 is 2.33 bits per heavy atom. The molecule has 24 heavy (non-hydrogen) atoms. The van der Waals surface area contributed by atoms with Crippen molar-refractivity contribution in [1.82, 2.24) is 19.7 Å². The number of aliphatic hydroxyl groups is 1. The van der Waals surface area contributed by atoms with E-state index in [2.05, 4.69) is 15.1 Å². The third kappa shape index (κ3) is 4.31. The van der Waals surface area contributed by atoms with Crippen LogP contribution < -0.4 is 4.74 Å². The summed E-state index contributed by atoms with van der Waals surface area (Å²) in [4.78, 5) is 2.17. The second kappa shape index (κ2) is 7.74. The average Bonchev–Trinajstić information content (AvgIpc) is 2.99. The summed E-state index contributed by atoms with van der Waals surface area (Å²) in [6, 6.07) is 7.83. The van der Waals surface area contributed by atoms with Crippen molar-refractivity contribution in [1.29, 1.82) is 0 Å². The molecule has 2 heterocycles. The quantitative estimate of drug-likeness (QED) is 0.849. The molecule has 7 nitrogen and oxygen atoms in total. The molecule has 0 saturated carbocycles. The van der Waals surface area contributed by atoms with Crippen LogP contribution >= 0.6 is 0 Å². The molecule has 0 spiro atoms. The summed E-state index contributed by atoms with van der Waals surface area (Å²) in [6.07, 6.45) is 1.00. The highest BCUT2D eigenvalue weighted by atomic mass is 16.5. The zero-order chi connectivity index (χ0) is 16.9. The topological polar surface area (TPSA) is 72.6 Å². The minimum absolute atomic E-state index is 0.115. The SMILES string of the molecule is Cc1cccc(OC[C@H](O)CN2CCO[C@@H](c3nncn3C)C2)c1. The molecule has 0 amide bonds. The summed E-state index contributed by atoms with van der Waals surface area (Å²) < 4.78 is 13.3. The number of aryl methyl sites for hydroxylation is 2. The van der Waals surface area contributed by atoms with Crippen LogP contribution in [0.4, 0.5) is 0 Å². The summed E-state index contributed by atoms with van der Waals surface area (Å²) in [5, 5.41) is 18.3. The molecule has 130 valence electrons. The monoisotopic (exact) mass is 332 g/mol. The third-order valence-electron chi connectivity index (χ3n) is 4.09. The number of hydrogen-bond donors (Lipinski definition) is 1. The van der Waals surface area contributed by atoms with E-state index < -0.39 is 6.10 Å². The zero-order valence-corrected chi connectivity index (χ0v) is 14.1. The number of β-amino-alcohol motifs (C(OH)–C–C–N with tert-alkyl or cyclic N) is 1. The van der Waals surface area contributed by atoms with Gasteiger partial charge in [-0.25, -0.2) is 0 Å². The lowest BCUT2D eigenvalue weighted by atomic mass is 10.2. The van der Waals surface area contributed by atoms with Crippen LogP contribution in [-0.2, 0) is 11.8 Å². The molecule has 1 aliphatic heterocycles. The molecule has 1 aliphatic rings. The Balaban J connectivity index is 1.49. The van der Waals surface area contributed by atoms with Crippen molar-refractivity contribution in [3.63, 3.8) is 0 Å². The van der Waals surface area contributed by atoms with Crippen molar-refractivity contribution in [2.24, 2.45) is 7.05 Å². The molecule has 2 atom stereocenters. The van der Waals surface area contributed by atoms with Gasteiger partial charge in [0.15, 0.2) is 5.82 Å². The Kier molecular flexibility index (Phi) is 5.44. The zero-order valence-electron chi connectivity index (χ0n) is 14.1. The summed E-state index contributed by atoms with van der Waals surface area (Å²) in [5.41, 5.74) is 1.14. The minimum atomic E-state index is -0.552. The van der Waals surface area contributed by atoms with Gasteiger partial charge in [-0.15, -0.1) is 10.2 Å². The second-order valence-corrected chi connectivity index (χ2v) is 6.20. The molecule has 0 aliphatic carbocycles. The van der Waals surface area contributed by atoms with E-state index in [9.17, 15) is 5.11 Å². The predicted octanol–water partition coefficient (Wildman–Crippen LogP) is 0.937. The molecule has 1 saturated heterocycles. The van der Waals surface area contributed by atoms with Gasteiger partial charge < -0.3 is 19.1 Å². The van der Waals surface area contributed by atoms with Gasteiger partial charge >= 0.3 is 0 Å². The van der Waals surface area contributed by atoms with Crippen LogP contribution in [0.15, 0.2) is 30.6 Å². The number of nitrogens with zero attached hydrogens (tertiary/aromatic N) is 4. The molecule has 1 N–H and O–H groups in total. The number of aliphatic hydroxyl groups excluding tert-OH is 1. The Morgan fingerprint density at radius 3 is 3.08 bits per heavy atom. The number of benzene rings is 1. The molecule has 7 heteroatoms. The first-order chi connectivity index (χ1) is 11.6. The highest BCUT2D eigenvalue weighted by Gasteiger charge is 2.26. The third-order valence-corrected chi connectivity index (χ3v) is 4.09. The molecule has 0 unspecified atom stereocenters. The van der Waals surface area contributed by atoms with Crippen LogP contribution in [0, 0.1) is 6.92 Å². The summed E-state index contributed by atoms with van der Waals surface area (Å²) in [5.74, 6) is 1.60. The standard InChI is InChI=1S/C17H24N4O3/c1-13-4-3-5-15(8-13)24-11-14(22)9-21-6-7-23-16(10-21)17-19-18-12-20(17)2/h3-5,8,12,14,16,22H,6-7,9-11H2,1-2H3/t14-,16-/m1/s1. The lowest BCUT2D eigenvalue weighted by Crippen LogP contribution is -2.44. The molecule has 2 aromatic rings. The number of rotatable bonds is 6. The number of hydrogen-bond acceptors (Lipinski definition) is 6. The van der Waals surface area contributed by atoms with Crippen LogP contribution in [0.5, 0.6) is 5.75 Å². The van der Waals surface area contributed by atoms with E-state index in [4.69, 9.17) is 9.47 Å². The van der Waals surface area contributed by atoms with Gasteiger partial charge in [-0.05, 0) is 24.6 Å². The molecule has 3 rings (SSSR count). The predicted molar refractivity (Wildman–Crippen MR) is 88.8 cm³/mol. The van der Waals surface area contributed by atoms with Crippen molar-refractivity contribution in [3.05, 3.63) is 42.0 Å². The lowest BCUT2D eigenvalue weighted by Gasteiger charge is -2.33. The van der Waals surface area contributed by atoms with E-state index >= 15 is 0 Å². The Morgan fingerprint density at radius 1 is 1.46 bits per heavy atom. The van der Waals surface area contributed by atoms with E-state index in [-0.39, 0.29) is 12.7 Å². The Hall–Kier alpha value is -1.96. The fourth-order valence-electron chi connectivity index (χ4n) is 2.86. The largest absolute Gasteiger partial charge is 0.491 e. The highest BCUT2D eigenvalue weighted by molar-refractivity contribution is 5.27. The maximum atomic E-state index is 10.3. The van der Waals surface area contributed by atoms with Gasteiger partial charge in [-0.2, -0.15) is 0 Å². The molecular formula is C17H24N4O3. The Bertz CT molecular complexity index is 661. The van der Waals surface area contributed by atoms with Gasteiger partial charge in [0.1, 0.15) is 30.9 Å². The fourth-order valence-corrected chi connectivity index (χ4v) is 2.86. The van der Waals surface area contributed by atoms with E-state index in [0.717, 1.165) is 23.7 Å². The van der Waals surface area contributed by atoms with Crippen LogP contribution in [0.1, 0.15) is 17.5 Å². The number of morpholine rings is 1. The van der Waals surface area contributed by atoms with E-state index in [1.54, 1.807) is 6.33 Å². The highest BCUT2D eigenvalue weighted by Crippen LogP contribution is 2.20. The van der Waals surface area contributed by atoms with Crippen molar-refractivity contribution < 1.29 is 14.6 Å². The van der Waals surface area contributed by atoms with Gasteiger partial charge in [-0.3, -0.25) is 4.90 Å². The smallest absolute Gasteiger partial charge is 0.163 e. The van der Waals surface area contributed by atoms with E-state index in [1.165, 1.54) is 0 Å². The summed E-state index contributed by atoms with van der Waals surface area (Å²) in [6.45, 7) is 4.93. The van der Waals surface area contributed by atoms with Gasteiger partial charge in [-0.1, -0.05) is 12.1 Å². The van der Waals surface area contributed by atoms with Crippen molar-refractivity contribution in [3.8, 4) is 5.75 Å². The molecule has 1 aromatic heterocycles. The molecular weight excluding hydrogens is 308 g/mol. The molecule has 1 aromatic carbocycles. The van der Waals surface area contributed by atoms with Crippen molar-refractivity contribution >= 4 is 0 Å². The summed E-state index contributed by atoms with van der Waals surface area (Å²) in [7, 11) is 1.90. The maximum absolute atomic E-state index is 10.3. The maximum Gasteiger partial charge on any atom is 0.163 e. The number of ether oxygens (including phenoxy) is 2. The van der Waals surface area contributed by atoms with Crippen molar-refractivity contribution in [2.45, 2.75) is 19.1 Å². The normalized spacial score (nSPS) is 20.0. The Labute approximate surface area is 141 Å². The average molecular weight is 332 g/mol. The first kappa shape index (κ1) is 16.9. The fraction of sp³-hybridized carbons (Fsp3) is 0.529. The first-order valence-corrected chi connectivity index (χ1v) is 8.17. The van der Waals surface area contributed by atoms with Gasteiger partial charge in [0.2, 0.25) is 0 Å². The van der Waals surface area contributed by atoms with Crippen molar-refractivity contribution in [2.75, 3.05) is 32.8 Å². The van der Waals surface area contributed by atoms with Gasteiger partial charge in [0, 0.05) is 26.7 Å². The van der Waals surface area contributed by atoms with E-state index in [0.29, 0.717) is 19.7 Å². The van der Waals surface area contributed by atoms with Crippen LogP contribution in [0.2, 0.25) is 0 Å². The summed E-state index contributed by atoms with van der Waals surface area (Å²) >= 11 is 0. The molecule has 0 radical (unpaired) electrons. The van der Waals surface area contributed by atoms with Gasteiger partial charge in [0.25, 0.3) is 0 Å². The first-order valence-electron chi connectivity index (χ1n) is 8.17. The molecule has 0 bridgehead atoms. The van der Waals surface area contributed by atoms with Gasteiger partial charge in [0.05, 0.1) is 6.61 Å². The van der Waals surface area contributed by atoms with Crippen LogP contribution in [0.25, 0.3) is 0 Å². The van der Waals surface area contributed by atoms with Crippen LogP contribution in [-0.4, -0.2) is 63.7 Å². The van der Waals surface area contributed by atoms with E-state index in [1.807, 2.05) is 42.8 Å². The molecule has 1 fully saturated rings.